The third kappa shape index (κ3) is 2.43. The van der Waals surface area contributed by atoms with Crippen LogP contribution in [0.5, 0.6) is 0 Å². The van der Waals surface area contributed by atoms with Crippen LogP contribution in [0.2, 0.25) is 0 Å². The molecule has 4 nitrogen and oxygen atoms in total. The molecule has 15 heavy (non-hydrogen) atoms. The van der Waals surface area contributed by atoms with Crippen molar-refractivity contribution in [3.05, 3.63) is 22.5 Å². The summed E-state index contributed by atoms with van der Waals surface area (Å²) in [6.07, 6.45) is 2.54. The molecule has 0 aliphatic carbocycles. The fourth-order valence-electron chi connectivity index (χ4n) is 1.25. The van der Waals surface area contributed by atoms with E-state index in [9.17, 15) is 0 Å². The molecular formula is C10H13N3OS. The van der Waals surface area contributed by atoms with Crippen LogP contribution >= 0.6 is 11.3 Å². The molecule has 0 saturated carbocycles. The number of nitrogens with zero attached hydrogens (tertiary/aromatic N) is 2. The van der Waals surface area contributed by atoms with Crippen LogP contribution in [0.1, 0.15) is 10.9 Å². The average molecular weight is 223 g/mol. The van der Waals surface area contributed by atoms with E-state index in [0.717, 1.165) is 35.3 Å². The van der Waals surface area contributed by atoms with Gasteiger partial charge in [0, 0.05) is 18.3 Å². The van der Waals surface area contributed by atoms with Gasteiger partial charge in [-0.2, -0.15) is 0 Å². The molecule has 0 bridgehead atoms. The van der Waals surface area contributed by atoms with Gasteiger partial charge in [-0.05, 0) is 14.0 Å². The quantitative estimate of drug-likeness (QED) is 0.859. The summed E-state index contributed by atoms with van der Waals surface area (Å²) >= 11 is 1.62. The fraction of sp³-hybridized carbons (Fsp3) is 0.400. The zero-order valence-electron chi connectivity index (χ0n) is 8.78. The van der Waals surface area contributed by atoms with E-state index in [0.29, 0.717) is 0 Å². The van der Waals surface area contributed by atoms with Crippen molar-refractivity contribution < 1.29 is 4.42 Å². The number of rotatable bonds is 4. The second-order valence-electron chi connectivity index (χ2n) is 3.22. The van der Waals surface area contributed by atoms with Crippen molar-refractivity contribution in [3.63, 3.8) is 0 Å². The summed E-state index contributed by atoms with van der Waals surface area (Å²) in [5.74, 6) is 1.51. The Morgan fingerprint density at radius 2 is 2.40 bits per heavy atom. The number of aromatic nitrogens is 2. The largest absolute Gasteiger partial charge is 0.439 e. The molecule has 2 rings (SSSR count). The minimum Gasteiger partial charge on any atom is -0.439 e. The number of hydrogen-bond acceptors (Lipinski definition) is 5. The Hall–Kier alpha value is -1.20. The molecule has 0 aromatic carbocycles. The SMILES string of the molecule is CNCCc1ncc(-c2csc(C)n2)o1. The monoisotopic (exact) mass is 223 g/mol. The highest BCUT2D eigenvalue weighted by Gasteiger charge is 2.08. The first-order valence-corrected chi connectivity index (χ1v) is 5.69. The lowest BCUT2D eigenvalue weighted by Gasteiger charge is -1.93. The maximum absolute atomic E-state index is 5.58. The molecular weight excluding hydrogens is 210 g/mol. The maximum atomic E-state index is 5.58. The highest BCUT2D eigenvalue weighted by Crippen LogP contribution is 2.22. The Labute approximate surface area is 92.4 Å². The Morgan fingerprint density at radius 1 is 1.53 bits per heavy atom. The van der Waals surface area contributed by atoms with E-state index in [1.54, 1.807) is 17.5 Å². The van der Waals surface area contributed by atoms with E-state index in [2.05, 4.69) is 15.3 Å². The number of nitrogens with one attached hydrogen (secondary N) is 1. The Balaban J connectivity index is 2.13. The number of hydrogen-bond donors (Lipinski definition) is 1. The van der Waals surface area contributed by atoms with Crippen molar-refractivity contribution in [2.24, 2.45) is 0 Å². The summed E-state index contributed by atoms with van der Waals surface area (Å²) in [6.45, 7) is 2.85. The first kappa shape index (κ1) is 10.3. The predicted octanol–water partition coefficient (Wildman–Crippen LogP) is 1.87. The van der Waals surface area contributed by atoms with Crippen molar-refractivity contribution in [3.8, 4) is 11.5 Å². The van der Waals surface area contributed by atoms with E-state index in [1.165, 1.54) is 0 Å². The van der Waals surface area contributed by atoms with Gasteiger partial charge in [-0.1, -0.05) is 0 Å². The van der Waals surface area contributed by atoms with Crippen LogP contribution in [0.3, 0.4) is 0 Å². The summed E-state index contributed by atoms with van der Waals surface area (Å²) in [6, 6.07) is 0. The minimum atomic E-state index is 0.755. The standard InChI is InChI=1S/C10H13N3OS/c1-7-13-8(6-15-7)9-5-12-10(14-9)3-4-11-2/h5-6,11H,3-4H2,1-2H3. The fourth-order valence-corrected chi connectivity index (χ4v) is 1.85. The Morgan fingerprint density at radius 3 is 3.07 bits per heavy atom. The molecule has 0 fully saturated rings. The second-order valence-corrected chi connectivity index (χ2v) is 4.29. The molecule has 2 heterocycles. The normalized spacial score (nSPS) is 10.8. The molecule has 1 N–H and O–H groups in total. The average Bonchev–Trinajstić information content (AvgIpc) is 2.83. The van der Waals surface area contributed by atoms with Gasteiger partial charge in [-0.25, -0.2) is 9.97 Å². The van der Waals surface area contributed by atoms with E-state index >= 15 is 0 Å². The molecule has 80 valence electrons. The lowest BCUT2D eigenvalue weighted by molar-refractivity contribution is 0.499. The molecule has 0 aliphatic heterocycles. The van der Waals surface area contributed by atoms with Gasteiger partial charge in [0.2, 0.25) is 0 Å². The van der Waals surface area contributed by atoms with Crippen LogP contribution in [0.25, 0.3) is 11.5 Å². The molecule has 0 unspecified atom stereocenters. The summed E-state index contributed by atoms with van der Waals surface area (Å²) in [7, 11) is 1.91. The zero-order valence-corrected chi connectivity index (χ0v) is 9.60. The van der Waals surface area contributed by atoms with Gasteiger partial charge in [0.15, 0.2) is 11.7 Å². The first-order valence-electron chi connectivity index (χ1n) is 4.81. The number of likely N-dealkylation sites (N-methyl/N-ethyl adjacent to an activating group) is 1. The van der Waals surface area contributed by atoms with Crippen LogP contribution in [0.15, 0.2) is 16.0 Å². The summed E-state index contributed by atoms with van der Waals surface area (Å²) in [4.78, 5) is 8.54. The summed E-state index contributed by atoms with van der Waals surface area (Å²) in [5, 5.41) is 6.08. The van der Waals surface area contributed by atoms with E-state index < -0.39 is 0 Å². The lowest BCUT2D eigenvalue weighted by atomic mass is 10.4. The lowest BCUT2D eigenvalue weighted by Crippen LogP contribution is -2.10. The van der Waals surface area contributed by atoms with E-state index in [1.807, 2.05) is 19.4 Å². The Kier molecular flexibility index (Phi) is 3.13. The van der Waals surface area contributed by atoms with Crippen molar-refractivity contribution in [1.82, 2.24) is 15.3 Å². The second kappa shape index (κ2) is 4.55. The molecule has 2 aromatic heterocycles. The van der Waals surface area contributed by atoms with Crippen LogP contribution in [-0.4, -0.2) is 23.6 Å². The number of aryl methyl sites for hydroxylation is 1. The van der Waals surface area contributed by atoms with Crippen LogP contribution in [-0.2, 0) is 6.42 Å². The molecule has 0 amide bonds. The van der Waals surface area contributed by atoms with Gasteiger partial charge in [-0.15, -0.1) is 11.3 Å². The van der Waals surface area contributed by atoms with Crippen molar-refractivity contribution >= 4 is 11.3 Å². The van der Waals surface area contributed by atoms with Gasteiger partial charge in [0.25, 0.3) is 0 Å². The van der Waals surface area contributed by atoms with Gasteiger partial charge in [0.1, 0.15) is 5.69 Å². The third-order valence-electron chi connectivity index (χ3n) is 2.01. The van der Waals surface area contributed by atoms with Crippen molar-refractivity contribution in [2.75, 3.05) is 13.6 Å². The zero-order chi connectivity index (χ0) is 10.7. The van der Waals surface area contributed by atoms with Gasteiger partial charge >= 0.3 is 0 Å². The first-order chi connectivity index (χ1) is 7.29. The highest BCUT2D eigenvalue weighted by molar-refractivity contribution is 7.09. The third-order valence-corrected chi connectivity index (χ3v) is 2.79. The van der Waals surface area contributed by atoms with Gasteiger partial charge in [-0.3, -0.25) is 0 Å². The molecule has 0 spiro atoms. The van der Waals surface area contributed by atoms with Crippen molar-refractivity contribution in [1.29, 1.82) is 0 Å². The number of thiazole rings is 1. The molecule has 5 heteroatoms. The molecule has 0 radical (unpaired) electrons. The van der Waals surface area contributed by atoms with Crippen LogP contribution in [0, 0.1) is 6.92 Å². The summed E-state index contributed by atoms with van der Waals surface area (Å²) < 4.78 is 5.58. The van der Waals surface area contributed by atoms with E-state index in [-0.39, 0.29) is 0 Å². The Bertz CT molecular complexity index is 435. The smallest absolute Gasteiger partial charge is 0.196 e. The molecule has 0 saturated heterocycles. The molecule has 0 aliphatic rings. The number of oxazole rings is 1. The predicted molar refractivity (Wildman–Crippen MR) is 60.0 cm³/mol. The topological polar surface area (TPSA) is 51.0 Å². The summed E-state index contributed by atoms with van der Waals surface area (Å²) in [5.41, 5.74) is 0.876. The molecule has 2 aromatic rings. The maximum Gasteiger partial charge on any atom is 0.196 e. The van der Waals surface area contributed by atoms with E-state index in [4.69, 9.17) is 4.42 Å². The minimum absolute atomic E-state index is 0.755. The van der Waals surface area contributed by atoms with Crippen LogP contribution in [0.4, 0.5) is 0 Å². The van der Waals surface area contributed by atoms with Gasteiger partial charge < -0.3 is 9.73 Å². The molecule has 0 atom stereocenters. The van der Waals surface area contributed by atoms with Crippen LogP contribution < -0.4 is 5.32 Å². The van der Waals surface area contributed by atoms with Gasteiger partial charge in [0.05, 0.1) is 11.2 Å². The highest BCUT2D eigenvalue weighted by atomic mass is 32.1. The van der Waals surface area contributed by atoms with Crippen molar-refractivity contribution in [2.45, 2.75) is 13.3 Å².